The molecule has 8 saturated carbocycles. The molecular formula is C40H42N4O2. The first-order chi connectivity index (χ1) is 22.3. The number of nitriles is 2. The predicted octanol–water partition coefficient (Wildman–Crippen LogP) is 9.11. The van der Waals surface area contributed by atoms with Crippen LogP contribution in [0.4, 0.5) is 11.4 Å². The second-order valence-electron chi connectivity index (χ2n) is 16.1. The standard InChI is InChI=1S/C40H42N4O2/c41-21-23-1-5-35(33(43)13-23)45-37-31(39-15-25-7-26(16-39)9-27(8-25)17-39)3-4-32(38(37)46-36-6-2-24(22-42)14-34(36)44)40-18-28-10-29(19-40)12-30(11-28)20-40/h1-6,13-14,25-30H,7-12,15-20,43-44H2. The van der Waals surface area contributed by atoms with Crippen molar-refractivity contribution in [3.05, 3.63) is 70.8 Å². The Bertz CT molecular complexity index is 1630. The van der Waals surface area contributed by atoms with E-state index in [2.05, 4.69) is 24.3 Å². The molecule has 0 spiro atoms. The highest BCUT2D eigenvalue weighted by molar-refractivity contribution is 5.66. The summed E-state index contributed by atoms with van der Waals surface area (Å²) in [6.45, 7) is 0. The second kappa shape index (κ2) is 10.2. The number of hydrogen-bond donors (Lipinski definition) is 2. The largest absolute Gasteiger partial charge is 0.451 e. The predicted molar refractivity (Wildman–Crippen MR) is 177 cm³/mol. The summed E-state index contributed by atoms with van der Waals surface area (Å²) >= 11 is 0. The summed E-state index contributed by atoms with van der Waals surface area (Å²) in [5.74, 6) is 7.23. The maximum absolute atomic E-state index is 9.54. The van der Waals surface area contributed by atoms with Gasteiger partial charge in [0.15, 0.2) is 23.0 Å². The monoisotopic (exact) mass is 610 g/mol. The van der Waals surface area contributed by atoms with Crippen molar-refractivity contribution in [1.29, 1.82) is 10.5 Å². The van der Waals surface area contributed by atoms with Crippen LogP contribution in [0, 0.1) is 58.2 Å². The van der Waals surface area contributed by atoms with Crippen molar-refractivity contribution in [2.24, 2.45) is 35.5 Å². The van der Waals surface area contributed by atoms with Gasteiger partial charge in [-0.1, -0.05) is 12.1 Å². The van der Waals surface area contributed by atoms with Gasteiger partial charge in [0.1, 0.15) is 0 Å². The Morgan fingerprint density at radius 1 is 0.522 bits per heavy atom. The molecule has 0 amide bonds. The number of benzene rings is 3. The molecular weight excluding hydrogens is 568 g/mol. The summed E-state index contributed by atoms with van der Waals surface area (Å²) in [5.41, 5.74) is 17.6. The first-order valence-electron chi connectivity index (χ1n) is 17.4. The number of rotatable bonds is 6. The lowest BCUT2D eigenvalue weighted by atomic mass is 9.47. The molecule has 0 aromatic heterocycles. The second-order valence-corrected chi connectivity index (χ2v) is 16.1. The van der Waals surface area contributed by atoms with E-state index < -0.39 is 0 Å². The van der Waals surface area contributed by atoms with Crippen molar-refractivity contribution in [1.82, 2.24) is 0 Å². The Kier molecular flexibility index (Phi) is 6.21. The molecule has 11 rings (SSSR count). The Morgan fingerprint density at radius 3 is 1.13 bits per heavy atom. The number of nitrogen functional groups attached to an aromatic ring is 2. The fourth-order valence-electron chi connectivity index (χ4n) is 12.1. The lowest BCUT2D eigenvalue weighted by Crippen LogP contribution is -2.49. The Labute approximate surface area is 271 Å². The number of ether oxygens (including phenoxy) is 2. The third kappa shape index (κ3) is 4.40. The topological polar surface area (TPSA) is 118 Å². The van der Waals surface area contributed by atoms with Gasteiger partial charge in [-0.2, -0.15) is 10.5 Å². The minimum atomic E-state index is 0.0414. The number of nitrogens with two attached hydrogens (primary N) is 2. The molecule has 8 fully saturated rings. The SMILES string of the molecule is N#Cc1ccc(Oc2c(C34CC5CC(CC(C5)C3)C4)ccc(C34CC5CC(CC(C5)C3)C4)c2Oc2ccc(C#N)cc2N)c(N)c1. The summed E-state index contributed by atoms with van der Waals surface area (Å²) < 4.78 is 14.1. The normalized spacial score (nSPS) is 34.7. The third-order valence-electron chi connectivity index (χ3n) is 13.0. The van der Waals surface area contributed by atoms with Crippen LogP contribution in [0.25, 0.3) is 0 Å². The smallest absolute Gasteiger partial charge is 0.174 e. The number of anilines is 2. The van der Waals surface area contributed by atoms with Crippen molar-refractivity contribution in [3.63, 3.8) is 0 Å². The van der Waals surface area contributed by atoms with Gasteiger partial charge in [-0.3, -0.25) is 0 Å². The van der Waals surface area contributed by atoms with E-state index in [0.29, 0.717) is 34.0 Å². The van der Waals surface area contributed by atoms with E-state index in [1.54, 1.807) is 24.3 Å². The highest BCUT2D eigenvalue weighted by atomic mass is 16.5. The van der Waals surface area contributed by atoms with Gasteiger partial charge in [0.25, 0.3) is 0 Å². The number of nitrogens with zero attached hydrogens (tertiary/aromatic N) is 2. The molecule has 3 aromatic carbocycles. The van der Waals surface area contributed by atoms with Crippen LogP contribution >= 0.6 is 0 Å². The molecule has 6 nitrogen and oxygen atoms in total. The van der Waals surface area contributed by atoms with Crippen molar-refractivity contribution in [3.8, 4) is 35.1 Å². The maximum atomic E-state index is 9.54. The lowest BCUT2D eigenvalue weighted by Gasteiger charge is -2.58. The van der Waals surface area contributed by atoms with E-state index >= 15 is 0 Å². The molecule has 8 aliphatic carbocycles. The fraction of sp³-hybridized carbons (Fsp3) is 0.500. The summed E-state index contributed by atoms with van der Waals surface area (Å²) in [7, 11) is 0. The van der Waals surface area contributed by atoms with E-state index in [1.807, 2.05) is 12.1 Å². The molecule has 8 bridgehead atoms. The first-order valence-corrected chi connectivity index (χ1v) is 17.4. The van der Waals surface area contributed by atoms with Crippen LogP contribution in [-0.2, 0) is 10.8 Å². The molecule has 3 aromatic rings. The van der Waals surface area contributed by atoms with Gasteiger partial charge < -0.3 is 20.9 Å². The summed E-state index contributed by atoms with van der Waals surface area (Å²) in [5, 5.41) is 19.1. The first kappa shape index (κ1) is 28.1. The van der Waals surface area contributed by atoms with Gasteiger partial charge in [-0.15, -0.1) is 0 Å². The molecule has 0 unspecified atom stereocenters. The van der Waals surface area contributed by atoms with E-state index in [9.17, 15) is 10.5 Å². The minimum absolute atomic E-state index is 0.0414. The highest BCUT2D eigenvalue weighted by Crippen LogP contribution is 2.66. The van der Waals surface area contributed by atoms with E-state index in [4.69, 9.17) is 20.9 Å². The molecule has 0 atom stereocenters. The van der Waals surface area contributed by atoms with Crippen LogP contribution in [0.2, 0.25) is 0 Å². The zero-order valence-corrected chi connectivity index (χ0v) is 26.4. The maximum Gasteiger partial charge on any atom is 0.174 e. The Morgan fingerprint density at radius 2 is 0.848 bits per heavy atom. The van der Waals surface area contributed by atoms with E-state index in [-0.39, 0.29) is 10.8 Å². The van der Waals surface area contributed by atoms with Crippen LogP contribution in [0.1, 0.15) is 99.3 Å². The van der Waals surface area contributed by atoms with Gasteiger partial charge in [-0.05, 0) is 160 Å². The molecule has 46 heavy (non-hydrogen) atoms. The van der Waals surface area contributed by atoms with Crippen molar-refractivity contribution >= 4 is 11.4 Å². The highest BCUT2D eigenvalue weighted by Gasteiger charge is 2.55. The lowest BCUT2D eigenvalue weighted by molar-refractivity contribution is -0.00832. The third-order valence-corrected chi connectivity index (χ3v) is 13.0. The van der Waals surface area contributed by atoms with Crippen LogP contribution in [0.5, 0.6) is 23.0 Å². The van der Waals surface area contributed by atoms with Crippen LogP contribution in [0.3, 0.4) is 0 Å². The average Bonchev–Trinajstić information content (AvgIpc) is 3.02. The fourth-order valence-corrected chi connectivity index (χ4v) is 12.1. The summed E-state index contributed by atoms with van der Waals surface area (Å²) in [6.07, 6.45) is 15.3. The summed E-state index contributed by atoms with van der Waals surface area (Å²) in [6, 6.07) is 19.8. The number of hydrogen-bond acceptors (Lipinski definition) is 6. The van der Waals surface area contributed by atoms with Gasteiger partial charge in [-0.25, -0.2) is 0 Å². The van der Waals surface area contributed by atoms with Crippen molar-refractivity contribution in [2.75, 3.05) is 11.5 Å². The zero-order chi connectivity index (χ0) is 31.2. The molecule has 0 saturated heterocycles. The van der Waals surface area contributed by atoms with Crippen LogP contribution < -0.4 is 20.9 Å². The van der Waals surface area contributed by atoms with Crippen molar-refractivity contribution < 1.29 is 9.47 Å². The minimum Gasteiger partial charge on any atom is -0.451 e. The molecule has 8 aliphatic rings. The van der Waals surface area contributed by atoms with Crippen LogP contribution in [0.15, 0.2) is 48.5 Å². The molecule has 6 heteroatoms. The van der Waals surface area contributed by atoms with Gasteiger partial charge in [0, 0.05) is 11.1 Å². The Hall–Kier alpha value is -4.16. The molecule has 4 N–H and O–H groups in total. The van der Waals surface area contributed by atoms with Crippen molar-refractivity contribution in [2.45, 2.75) is 87.9 Å². The molecule has 234 valence electrons. The van der Waals surface area contributed by atoms with Crippen LogP contribution in [-0.4, -0.2) is 0 Å². The van der Waals surface area contributed by atoms with Gasteiger partial charge in [0.05, 0.1) is 34.6 Å². The zero-order valence-electron chi connectivity index (χ0n) is 26.4. The summed E-state index contributed by atoms with van der Waals surface area (Å²) in [4.78, 5) is 0. The van der Waals surface area contributed by atoms with E-state index in [1.165, 1.54) is 88.2 Å². The quantitative estimate of drug-likeness (QED) is 0.269. The van der Waals surface area contributed by atoms with Gasteiger partial charge >= 0.3 is 0 Å². The molecule has 0 heterocycles. The van der Waals surface area contributed by atoms with Gasteiger partial charge in [0.2, 0.25) is 0 Å². The average molecular weight is 611 g/mol. The Balaban J connectivity index is 1.26. The molecule has 0 aliphatic heterocycles. The van der Waals surface area contributed by atoms with E-state index in [0.717, 1.165) is 47.0 Å². The molecule has 0 radical (unpaired) electrons.